The molecule has 2 rings (SSSR count). The number of nitrogens with one attached hydrogen (secondary N) is 1. The second-order valence-electron chi connectivity index (χ2n) is 5.41. The summed E-state index contributed by atoms with van der Waals surface area (Å²) in [6.45, 7) is 2.73. The molecule has 10 heteroatoms. The summed E-state index contributed by atoms with van der Waals surface area (Å²) in [6.07, 6.45) is 0. The Morgan fingerprint density at radius 3 is 2.19 bits per heavy atom. The maximum atomic E-state index is 12.9. The molecule has 0 aliphatic heterocycles. The van der Waals surface area contributed by atoms with Gasteiger partial charge in [0.25, 0.3) is 10.0 Å². The fourth-order valence-electron chi connectivity index (χ4n) is 2.37. The first-order valence-corrected chi connectivity index (χ1v) is 9.86. The zero-order valence-electron chi connectivity index (χ0n) is 15.0. The van der Waals surface area contributed by atoms with Crippen molar-refractivity contribution in [2.75, 3.05) is 18.9 Å². The van der Waals surface area contributed by atoms with E-state index in [1.165, 1.54) is 26.0 Å². The average Bonchev–Trinajstić information content (AvgIpc) is 2.98. The summed E-state index contributed by atoms with van der Waals surface area (Å²) in [5.74, 6) is -2.01. The number of sulfonamides is 1. The minimum atomic E-state index is -4.29. The predicted molar refractivity (Wildman–Crippen MR) is 99.0 cm³/mol. The Bertz CT molecular complexity index is 1020. The van der Waals surface area contributed by atoms with Crippen LogP contribution in [-0.4, -0.2) is 40.4 Å². The fourth-order valence-corrected chi connectivity index (χ4v) is 5.20. The fraction of sp³-hybridized carbons (Fsp3) is 0.235. The molecular weight excluding hydrogens is 394 g/mol. The van der Waals surface area contributed by atoms with Gasteiger partial charge in [-0.1, -0.05) is 12.1 Å². The molecule has 0 saturated heterocycles. The van der Waals surface area contributed by atoms with Crippen LogP contribution in [-0.2, 0) is 19.5 Å². The molecule has 1 aromatic carbocycles. The quantitative estimate of drug-likeness (QED) is 0.574. The van der Waals surface area contributed by atoms with Gasteiger partial charge in [-0.25, -0.2) is 18.0 Å². The van der Waals surface area contributed by atoms with Crippen molar-refractivity contribution in [1.82, 2.24) is 0 Å². The van der Waals surface area contributed by atoms with Crippen LogP contribution >= 0.6 is 11.3 Å². The number of ketones is 1. The zero-order chi connectivity index (χ0) is 20.4. The highest BCUT2D eigenvalue weighted by Gasteiger charge is 2.33. The minimum Gasteiger partial charge on any atom is -0.465 e. The highest BCUT2D eigenvalue weighted by molar-refractivity contribution is 7.94. The first-order valence-electron chi connectivity index (χ1n) is 7.56. The SMILES string of the molecule is COC(=O)c1sc(S(=O)(=O)Nc2ccccc2C(C)=O)c(C(=O)OC)c1C. The molecule has 0 radical (unpaired) electrons. The highest BCUT2D eigenvalue weighted by atomic mass is 32.2. The predicted octanol–water partition coefficient (Wildman–Crippen LogP) is 2.63. The second kappa shape index (κ2) is 7.89. The van der Waals surface area contributed by atoms with Crippen LogP contribution < -0.4 is 4.72 Å². The van der Waals surface area contributed by atoms with Gasteiger partial charge < -0.3 is 9.47 Å². The lowest BCUT2D eigenvalue weighted by Gasteiger charge is -2.11. The molecule has 1 N–H and O–H groups in total. The number of esters is 2. The number of anilines is 1. The minimum absolute atomic E-state index is 0.0295. The molecule has 144 valence electrons. The Kier molecular flexibility index (Phi) is 6.01. The zero-order valence-corrected chi connectivity index (χ0v) is 16.6. The number of para-hydroxylation sites is 1. The number of carbonyl (C=O) groups excluding carboxylic acids is 3. The molecule has 27 heavy (non-hydrogen) atoms. The van der Waals surface area contributed by atoms with Crippen molar-refractivity contribution >= 4 is 44.8 Å². The summed E-state index contributed by atoms with van der Waals surface area (Å²) in [4.78, 5) is 35.8. The van der Waals surface area contributed by atoms with Crippen LogP contribution in [0, 0.1) is 6.92 Å². The Morgan fingerprint density at radius 1 is 1.04 bits per heavy atom. The van der Waals surface area contributed by atoms with E-state index >= 15 is 0 Å². The van der Waals surface area contributed by atoms with Gasteiger partial charge in [0.05, 0.1) is 25.5 Å². The van der Waals surface area contributed by atoms with Gasteiger partial charge in [-0.2, -0.15) is 0 Å². The lowest BCUT2D eigenvalue weighted by molar-refractivity contribution is 0.0596. The van der Waals surface area contributed by atoms with Crippen molar-refractivity contribution in [2.45, 2.75) is 18.1 Å². The summed E-state index contributed by atoms with van der Waals surface area (Å²) in [5, 5.41) is 0. The number of benzene rings is 1. The molecule has 8 nitrogen and oxygen atoms in total. The molecular formula is C17H17NO7S2. The van der Waals surface area contributed by atoms with Gasteiger partial charge in [0, 0.05) is 5.56 Å². The van der Waals surface area contributed by atoms with Crippen LogP contribution in [0.5, 0.6) is 0 Å². The second-order valence-corrected chi connectivity index (χ2v) is 8.31. The van der Waals surface area contributed by atoms with Crippen LogP contribution in [0.15, 0.2) is 28.5 Å². The van der Waals surface area contributed by atoms with Gasteiger partial charge in [0.15, 0.2) is 9.99 Å². The van der Waals surface area contributed by atoms with Gasteiger partial charge >= 0.3 is 11.9 Å². The van der Waals surface area contributed by atoms with Crippen molar-refractivity contribution in [3.05, 3.63) is 45.8 Å². The molecule has 0 spiro atoms. The van der Waals surface area contributed by atoms with Crippen molar-refractivity contribution < 1.29 is 32.3 Å². The van der Waals surface area contributed by atoms with Crippen molar-refractivity contribution in [3.63, 3.8) is 0 Å². The topological polar surface area (TPSA) is 116 Å². The molecule has 0 aliphatic rings. The number of hydrogen-bond donors (Lipinski definition) is 1. The Labute approximate surface area is 160 Å². The maximum Gasteiger partial charge on any atom is 0.348 e. The lowest BCUT2D eigenvalue weighted by Crippen LogP contribution is -2.17. The summed E-state index contributed by atoms with van der Waals surface area (Å²) in [5.41, 5.74) is 0.114. The first-order chi connectivity index (χ1) is 12.6. The largest absolute Gasteiger partial charge is 0.465 e. The summed E-state index contributed by atoms with van der Waals surface area (Å²) in [7, 11) is -2.04. The highest BCUT2D eigenvalue weighted by Crippen LogP contribution is 2.34. The van der Waals surface area contributed by atoms with E-state index in [4.69, 9.17) is 0 Å². The van der Waals surface area contributed by atoms with Gasteiger partial charge in [-0.15, -0.1) is 11.3 Å². The molecule has 1 heterocycles. The van der Waals surface area contributed by atoms with E-state index in [-0.39, 0.29) is 33.0 Å². The van der Waals surface area contributed by atoms with Crippen LogP contribution in [0.3, 0.4) is 0 Å². The third-order valence-electron chi connectivity index (χ3n) is 3.67. The van der Waals surface area contributed by atoms with E-state index in [1.807, 2.05) is 0 Å². The molecule has 0 bridgehead atoms. The van der Waals surface area contributed by atoms with E-state index in [9.17, 15) is 22.8 Å². The monoisotopic (exact) mass is 411 g/mol. The molecule has 0 unspecified atom stereocenters. The third kappa shape index (κ3) is 4.01. The molecule has 2 aromatic rings. The smallest absolute Gasteiger partial charge is 0.348 e. The molecule has 0 fully saturated rings. The van der Waals surface area contributed by atoms with Gasteiger partial charge in [0.1, 0.15) is 4.88 Å². The molecule has 1 aromatic heterocycles. The summed E-state index contributed by atoms with van der Waals surface area (Å²) < 4.78 is 37.1. The standard InChI is InChI=1S/C17H17NO7S2/c1-9-13(15(20)24-3)17(26-14(9)16(21)25-4)27(22,23)18-12-8-6-5-7-11(12)10(2)19/h5-8,18H,1-4H3. The van der Waals surface area contributed by atoms with Crippen molar-refractivity contribution in [3.8, 4) is 0 Å². The van der Waals surface area contributed by atoms with Crippen LogP contribution in [0.2, 0.25) is 0 Å². The number of Topliss-reactive ketones (excluding diaryl/α,β-unsaturated/α-hetero) is 1. The van der Waals surface area contributed by atoms with Crippen LogP contribution in [0.25, 0.3) is 0 Å². The molecule has 0 aliphatic carbocycles. The van der Waals surface area contributed by atoms with Crippen LogP contribution in [0.1, 0.15) is 42.9 Å². The Hall–Kier alpha value is -2.72. The third-order valence-corrected chi connectivity index (χ3v) is 6.83. The van der Waals surface area contributed by atoms with E-state index in [0.717, 1.165) is 14.2 Å². The summed E-state index contributed by atoms with van der Waals surface area (Å²) >= 11 is 0.592. The van der Waals surface area contributed by atoms with Crippen LogP contribution in [0.4, 0.5) is 5.69 Å². The van der Waals surface area contributed by atoms with Gasteiger partial charge in [0.2, 0.25) is 0 Å². The number of methoxy groups -OCH3 is 2. The Balaban J connectivity index is 2.64. The molecule has 0 atom stereocenters. The number of carbonyl (C=O) groups is 3. The average molecular weight is 411 g/mol. The maximum absolute atomic E-state index is 12.9. The number of ether oxygens (including phenoxy) is 2. The van der Waals surface area contributed by atoms with E-state index in [2.05, 4.69) is 14.2 Å². The number of thiophene rings is 1. The summed E-state index contributed by atoms with van der Waals surface area (Å²) in [6, 6.07) is 6.05. The van der Waals surface area contributed by atoms with E-state index < -0.39 is 26.2 Å². The van der Waals surface area contributed by atoms with E-state index in [0.29, 0.717) is 11.3 Å². The van der Waals surface area contributed by atoms with Crippen molar-refractivity contribution in [2.24, 2.45) is 0 Å². The first kappa shape index (κ1) is 20.6. The number of rotatable bonds is 6. The normalized spacial score (nSPS) is 11.0. The lowest BCUT2D eigenvalue weighted by atomic mass is 10.1. The van der Waals surface area contributed by atoms with E-state index in [1.54, 1.807) is 12.1 Å². The van der Waals surface area contributed by atoms with Gasteiger partial charge in [-0.3, -0.25) is 9.52 Å². The Morgan fingerprint density at radius 2 is 1.63 bits per heavy atom. The van der Waals surface area contributed by atoms with Gasteiger partial charge in [-0.05, 0) is 31.5 Å². The molecule has 0 amide bonds. The van der Waals surface area contributed by atoms with Crippen molar-refractivity contribution in [1.29, 1.82) is 0 Å². The molecule has 0 saturated carbocycles. The number of hydrogen-bond acceptors (Lipinski definition) is 8.